The van der Waals surface area contributed by atoms with Gasteiger partial charge in [0.05, 0.1) is 0 Å². The summed E-state index contributed by atoms with van der Waals surface area (Å²) in [6.45, 7) is 3.20. The highest BCUT2D eigenvalue weighted by atomic mass is 32.1. The van der Waals surface area contributed by atoms with Gasteiger partial charge in [0, 0.05) is 28.4 Å². The van der Waals surface area contributed by atoms with E-state index in [1.54, 1.807) is 0 Å². The Bertz CT molecular complexity index is 1020. The molecule has 2 aromatic carbocycles. The first-order valence-corrected chi connectivity index (χ1v) is 10.2. The van der Waals surface area contributed by atoms with Crippen LogP contribution in [-0.2, 0) is 6.42 Å². The molecule has 3 nitrogen and oxygen atoms in total. The van der Waals surface area contributed by atoms with Crippen LogP contribution in [0.2, 0.25) is 0 Å². The summed E-state index contributed by atoms with van der Waals surface area (Å²) in [7, 11) is 0. The molecule has 0 fully saturated rings. The molecule has 2 heterocycles. The molecule has 1 atom stereocenters. The standard InChI is InChI=1S/C23H24N2OS/c1-16(21-15-27-23-7-3-2-6-20(21)23)25-14-4-5-19-12-13-22(26-19)17-8-10-18(24)11-9-17/h2-3,6-13,15-16,25H,4-5,14,24H2,1H3. The fraction of sp³-hybridized carbons (Fsp3) is 0.217. The molecule has 0 radical (unpaired) electrons. The Balaban J connectivity index is 1.29. The molecule has 0 aliphatic heterocycles. The number of anilines is 1. The Morgan fingerprint density at radius 3 is 2.70 bits per heavy atom. The number of rotatable bonds is 7. The molecular weight excluding hydrogens is 352 g/mol. The lowest BCUT2D eigenvalue weighted by atomic mass is 10.1. The van der Waals surface area contributed by atoms with Gasteiger partial charge in [-0.05, 0) is 78.7 Å². The smallest absolute Gasteiger partial charge is 0.134 e. The zero-order valence-electron chi connectivity index (χ0n) is 15.4. The van der Waals surface area contributed by atoms with E-state index in [1.807, 2.05) is 41.7 Å². The van der Waals surface area contributed by atoms with Crippen LogP contribution in [-0.4, -0.2) is 6.54 Å². The van der Waals surface area contributed by atoms with Crippen molar-refractivity contribution in [3.63, 3.8) is 0 Å². The van der Waals surface area contributed by atoms with E-state index in [2.05, 4.69) is 48.0 Å². The molecule has 3 N–H and O–H groups in total. The second-order valence-electron chi connectivity index (χ2n) is 6.85. The fourth-order valence-electron chi connectivity index (χ4n) is 3.34. The lowest BCUT2D eigenvalue weighted by molar-refractivity contribution is 0.496. The SMILES string of the molecule is CC(NCCCc1ccc(-c2ccc(N)cc2)o1)c1csc2ccccc12. The number of hydrogen-bond donors (Lipinski definition) is 2. The molecule has 4 heteroatoms. The van der Waals surface area contributed by atoms with Crippen molar-refractivity contribution in [3.8, 4) is 11.3 Å². The van der Waals surface area contributed by atoms with Gasteiger partial charge in [-0.2, -0.15) is 0 Å². The molecule has 0 bridgehead atoms. The van der Waals surface area contributed by atoms with Crippen LogP contribution >= 0.6 is 11.3 Å². The van der Waals surface area contributed by atoms with Gasteiger partial charge in [0.15, 0.2) is 0 Å². The second-order valence-corrected chi connectivity index (χ2v) is 7.77. The number of hydrogen-bond acceptors (Lipinski definition) is 4. The highest BCUT2D eigenvalue weighted by Gasteiger charge is 2.11. The molecule has 4 rings (SSSR count). The van der Waals surface area contributed by atoms with Crippen molar-refractivity contribution in [1.82, 2.24) is 5.32 Å². The summed E-state index contributed by atoms with van der Waals surface area (Å²) in [6, 6.07) is 20.8. The highest BCUT2D eigenvalue weighted by Crippen LogP contribution is 2.30. The summed E-state index contributed by atoms with van der Waals surface area (Å²) in [5, 5.41) is 7.28. The maximum atomic E-state index is 5.98. The van der Waals surface area contributed by atoms with Crippen LogP contribution in [0.3, 0.4) is 0 Å². The molecule has 138 valence electrons. The van der Waals surface area contributed by atoms with Gasteiger partial charge >= 0.3 is 0 Å². The predicted octanol–water partition coefficient (Wildman–Crippen LogP) is 6.03. The number of nitrogens with one attached hydrogen (secondary N) is 1. The topological polar surface area (TPSA) is 51.2 Å². The Morgan fingerprint density at radius 1 is 1.04 bits per heavy atom. The van der Waals surface area contributed by atoms with E-state index < -0.39 is 0 Å². The van der Waals surface area contributed by atoms with E-state index in [9.17, 15) is 0 Å². The van der Waals surface area contributed by atoms with Crippen LogP contribution in [0.15, 0.2) is 70.5 Å². The van der Waals surface area contributed by atoms with Gasteiger partial charge in [-0.25, -0.2) is 0 Å². The normalized spacial score (nSPS) is 12.5. The van der Waals surface area contributed by atoms with Gasteiger partial charge in [-0.1, -0.05) is 18.2 Å². The lowest BCUT2D eigenvalue weighted by Gasteiger charge is -2.13. The van der Waals surface area contributed by atoms with E-state index in [0.29, 0.717) is 6.04 Å². The summed E-state index contributed by atoms with van der Waals surface area (Å²) in [6.07, 6.45) is 1.97. The van der Waals surface area contributed by atoms with E-state index in [4.69, 9.17) is 10.2 Å². The number of nitrogens with two attached hydrogens (primary N) is 1. The van der Waals surface area contributed by atoms with Crippen LogP contribution < -0.4 is 11.1 Å². The number of benzene rings is 2. The van der Waals surface area contributed by atoms with Crippen molar-refractivity contribution in [2.24, 2.45) is 0 Å². The molecule has 0 aliphatic rings. The van der Waals surface area contributed by atoms with Gasteiger partial charge < -0.3 is 15.5 Å². The minimum Gasteiger partial charge on any atom is -0.461 e. The van der Waals surface area contributed by atoms with Crippen molar-refractivity contribution in [3.05, 3.63) is 77.4 Å². The predicted molar refractivity (Wildman–Crippen MR) is 115 cm³/mol. The summed E-state index contributed by atoms with van der Waals surface area (Å²) in [5.41, 5.74) is 8.96. The summed E-state index contributed by atoms with van der Waals surface area (Å²) in [5.74, 6) is 1.92. The number of furan rings is 1. The molecule has 0 amide bonds. The average molecular weight is 377 g/mol. The van der Waals surface area contributed by atoms with E-state index >= 15 is 0 Å². The monoisotopic (exact) mass is 376 g/mol. The average Bonchev–Trinajstić information content (AvgIpc) is 3.33. The Labute approximate surface area is 163 Å². The third-order valence-electron chi connectivity index (χ3n) is 4.88. The minimum atomic E-state index is 0.350. The summed E-state index contributed by atoms with van der Waals surface area (Å²) < 4.78 is 7.33. The van der Waals surface area contributed by atoms with Crippen LogP contribution in [0.5, 0.6) is 0 Å². The highest BCUT2D eigenvalue weighted by molar-refractivity contribution is 7.17. The van der Waals surface area contributed by atoms with E-state index in [-0.39, 0.29) is 0 Å². The number of fused-ring (bicyclic) bond motifs is 1. The maximum absolute atomic E-state index is 5.98. The van der Waals surface area contributed by atoms with Crippen molar-refractivity contribution in [2.45, 2.75) is 25.8 Å². The number of nitrogen functional groups attached to an aromatic ring is 1. The first kappa shape index (κ1) is 17.8. The Morgan fingerprint density at radius 2 is 1.85 bits per heavy atom. The van der Waals surface area contributed by atoms with Gasteiger partial charge in [0.2, 0.25) is 0 Å². The van der Waals surface area contributed by atoms with Crippen molar-refractivity contribution in [1.29, 1.82) is 0 Å². The molecule has 4 aromatic rings. The van der Waals surface area contributed by atoms with Crippen LogP contribution in [0.25, 0.3) is 21.4 Å². The maximum Gasteiger partial charge on any atom is 0.134 e. The second kappa shape index (κ2) is 7.99. The minimum absolute atomic E-state index is 0.350. The van der Waals surface area contributed by atoms with Crippen molar-refractivity contribution < 1.29 is 4.42 Å². The fourth-order valence-corrected chi connectivity index (χ4v) is 4.39. The van der Waals surface area contributed by atoms with Crippen molar-refractivity contribution >= 4 is 27.1 Å². The first-order chi connectivity index (χ1) is 13.2. The molecule has 0 saturated carbocycles. The summed E-state index contributed by atoms with van der Waals surface area (Å²) in [4.78, 5) is 0. The molecule has 0 saturated heterocycles. The zero-order valence-corrected chi connectivity index (χ0v) is 16.3. The molecule has 0 aliphatic carbocycles. The zero-order chi connectivity index (χ0) is 18.6. The van der Waals surface area contributed by atoms with Crippen molar-refractivity contribution in [2.75, 3.05) is 12.3 Å². The van der Waals surface area contributed by atoms with E-state index in [0.717, 1.165) is 42.2 Å². The summed E-state index contributed by atoms with van der Waals surface area (Å²) >= 11 is 1.82. The Hall–Kier alpha value is -2.56. The molecule has 1 unspecified atom stereocenters. The number of aryl methyl sites for hydroxylation is 1. The molecular formula is C23H24N2OS. The van der Waals surface area contributed by atoms with Crippen LogP contribution in [0, 0.1) is 0 Å². The first-order valence-electron chi connectivity index (χ1n) is 9.35. The quantitative estimate of drug-likeness (QED) is 0.306. The Kier molecular flexibility index (Phi) is 5.28. The van der Waals surface area contributed by atoms with Gasteiger partial charge in [-0.15, -0.1) is 11.3 Å². The van der Waals surface area contributed by atoms with Gasteiger partial charge in [0.25, 0.3) is 0 Å². The van der Waals surface area contributed by atoms with Crippen LogP contribution in [0.4, 0.5) is 5.69 Å². The number of thiophene rings is 1. The molecule has 27 heavy (non-hydrogen) atoms. The van der Waals surface area contributed by atoms with Crippen LogP contribution in [0.1, 0.15) is 30.7 Å². The largest absolute Gasteiger partial charge is 0.461 e. The molecule has 2 aromatic heterocycles. The lowest BCUT2D eigenvalue weighted by Crippen LogP contribution is -2.20. The third-order valence-corrected chi connectivity index (χ3v) is 5.87. The van der Waals surface area contributed by atoms with Gasteiger partial charge in [-0.3, -0.25) is 0 Å². The third kappa shape index (κ3) is 4.07. The van der Waals surface area contributed by atoms with E-state index in [1.165, 1.54) is 15.6 Å². The van der Waals surface area contributed by atoms with Gasteiger partial charge in [0.1, 0.15) is 11.5 Å². The molecule has 0 spiro atoms.